The highest BCUT2D eigenvalue weighted by atomic mass is 16.5. The fourth-order valence-corrected chi connectivity index (χ4v) is 2.58. The summed E-state index contributed by atoms with van der Waals surface area (Å²) in [4.78, 5) is 14.3. The predicted octanol–water partition coefficient (Wildman–Crippen LogP) is 3.19. The zero-order valence-electron chi connectivity index (χ0n) is 14.7. The maximum atomic E-state index is 12.2. The molecule has 24 heavy (non-hydrogen) atoms. The van der Waals surface area contributed by atoms with Gasteiger partial charge < -0.3 is 15.0 Å². The molecule has 128 valence electrons. The predicted molar refractivity (Wildman–Crippen MR) is 98.8 cm³/mol. The van der Waals surface area contributed by atoms with Gasteiger partial charge in [0.15, 0.2) is 0 Å². The lowest BCUT2D eigenvalue weighted by Crippen LogP contribution is -2.38. The molecule has 0 unspecified atom stereocenters. The lowest BCUT2D eigenvalue weighted by Gasteiger charge is -2.22. The Balaban J connectivity index is 1.81. The molecule has 1 N–H and O–H groups in total. The van der Waals surface area contributed by atoms with Gasteiger partial charge in [-0.05, 0) is 55.7 Å². The van der Waals surface area contributed by atoms with Crippen LogP contribution < -0.4 is 15.0 Å². The van der Waals surface area contributed by atoms with Gasteiger partial charge in [0.05, 0.1) is 13.7 Å². The van der Waals surface area contributed by atoms with Crippen molar-refractivity contribution in [2.24, 2.45) is 0 Å². The topological polar surface area (TPSA) is 41.6 Å². The highest BCUT2D eigenvalue weighted by Crippen LogP contribution is 2.15. The summed E-state index contributed by atoms with van der Waals surface area (Å²) in [6, 6.07) is 16.2. The first-order chi connectivity index (χ1) is 11.6. The molecule has 2 rings (SSSR count). The summed E-state index contributed by atoms with van der Waals surface area (Å²) in [5, 5.41) is 3.00. The molecule has 2 aromatic carbocycles. The maximum absolute atomic E-state index is 12.2. The number of carbonyl (C=O) groups excluding carboxylic acids is 1. The smallest absolute Gasteiger partial charge is 0.239 e. The standard InChI is InChI=1S/C20H26N2O2/c1-4-22(18-7-5-6-16(2)14-18)15-20(23)21-13-12-17-8-10-19(24-3)11-9-17/h5-11,14H,4,12-13,15H2,1-3H3,(H,21,23). The van der Waals surface area contributed by atoms with Gasteiger partial charge in [-0.15, -0.1) is 0 Å². The van der Waals surface area contributed by atoms with E-state index in [0.29, 0.717) is 13.1 Å². The Kier molecular flexibility index (Phi) is 6.67. The number of ether oxygens (including phenoxy) is 1. The largest absolute Gasteiger partial charge is 0.497 e. The molecule has 0 radical (unpaired) electrons. The number of anilines is 1. The molecule has 0 fully saturated rings. The molecule has 0 spiro atoms. The van der Waals surface area contributed by atoms with E-state index in [9.17, 15) is 4.79 Å². The minimum absolute atomic E-state index is 0.0480. The summed E-state index contributed by atoms with van der Waals surface area (Å²) in [7, 11) is 1.66. The lowest BCUT2D eigenvalue weighted by molar-refractivity contribution is -0.119. The van der Waals surface area contributed by atoms with E-state index in [0.717, 1.165) is 24.4 Å². The monoisotopic (exact) mass is 326 g/mol. The van der Waals surface area contributed by atoms with E-state index in [2.05, 4.69) is 36.2 Å². The zero-order valence-corrected chi connectivity index (χ0v) is 14.7. The molecule has 0 saturated carbocycles. The molecule has 0 bridgehead atoms. The molecule has 4 heteroatoms. The van der Waals surface area contributed by atoms with Crippen LogP contribution in [0.4, 0.5) is 5.69 Å². The lowest BCUT2D eigenvalue weighted by atomic mass is 10.1. The van der Waals surface area contributed by atoms with E-state index in [-0.39, 0.29) is 5.91 Å². The molecule has 2 aromatic rings. The van der Waals surface area contributed by atoms with E-state index in [4.69, 9.17) is 4.74 Å². The average Bonchev–Trinajstić information content (AvgIpc) is 2.60. The van der Waals surface area contributed by atoms with Crippen LogP contribution in [0.25, 0.3) is 0 Å². The van der Waals surface area contributed by atoms with Gasteiger partial charge in [-0.25, -0.2) is 0 Å². The van der Waals surface area contributed by atoms with Crippen LogP contribution in [0.2, 0.25) is 0 Å². The summed E-state index contributed by atoms with van der Waals surface area (Å²) in [6.45, 7) is 5.94. The number of aryl methyl sites for hydroxylation is 1. The molecule has 0 saturated heterocycles. The van der Waals surface area contributed by atoms with Crippen molar-refractivity contribution in [3.63, 3.8) is 0 Å². The van der Waals surface area contributed by atoms with Crippen LogP contribution in [-0.4, -0.2) is 32.7 Å². The van der Waals surface area contributed by atoms with Gasteiger partial charge in [0.25, 0.3) is 0 Å². The number of rotatable bonds is 8. The van der Waals surface area contributed by atoms with Crippen molar-refractivity contribution in [2.75, 3.05) is 31.6 Å². The molecule has 0 aliphatic heterocycles. The first-order valence-corrected chi connectivity index (χ1v) is 8.33. The highest BCUT2D eigenvalue weighted by molar-refractivity contribution is 5.81. The normalized spacial score (nSPS) is 10.3. The van der Waals surface area contributed by atoms with E-state index in [1.54, 1.807) is 7.11 Å². The summed E-state index contributed by atoms with van der Waals surface area (Å²) >= 11 is 0. The number of amides is 1. The number of hydrogen-bond acceptors (Lipinski definition) is 3. The second-order valence-corrected chi connectivity index (χ2v) is 5.80. The Morgan fingerprint density at radius 1 is 1.17 bits per heavy atom. The number of hydrogen-bond donors (Lipinski definition) is 1. The molecular weight excluding hydrogens is 300 g/mol. The summed E-state index contributed by atoms with van der Waals surface area (Å²) < 4.78 is 5.14. The van der Waals surface area contributed by atoms with Crippen LogP contribution in [0.5, 0.6) is 5.75 Å². The van der Waals surface area contributed by atoms with Crippen LogP contribution in [0, 0.1) is 6.92 Å². The Labute approximate surface area is 144 Å². The molecule has 0 aliphatic rings. The minimum atomic E-state index is 0.0480. The quantitative estimate of drug-likeness (QED) is 0.810. The van der Waals surface area contributed by atoms with Crippen molar-refractivity contribution < 1.29 is 9.53 Å². The van der Waals surface area contributed by atoms with Crippen LogP contribution in [-0.2, 0) is 11.2 Å². The molecule has 4 nitrogen and oxygen atoms in total. The number of methoxy groups -OCH3 is 1. The fraction of sp³-hybridized carbons (Fsp3) is 0.350. The van der Waals surface area contributed by atoms with Gasteiger partial charge in [-0.2, -0.15) is 0 Å². The maximum Gasteiger partial charge on any atom is 0.239 e. The van der Waals surface area contributed by atoms with Gasteiger partial charge in [0.1, 0.15) is 5.75 Å². The number of carbonyl (C=O) groups is 1. The van der Waals surface area contributed by atoms with Gasteiger partial charge in [-0.3, -0.25) is 4.79 Å². The van der Waals surface area contributed by atoms with Gasteiger partial charge in [-0.1, -0.05) is 24.3 Å². The van der Waals surface area contributed by atoms with E-state index < -0.39 is 0 Å². The van der Waals surface area contributed by atoms with Crippen molar-refractivity contribution >= 4 is 11.6 Å². The summed E-state index contributed by atoms with van der Waals surface area (Å²) in [6.07, 6.45) is 0.812. The van der Waals surface area contributed by atoms with Crippen LogP contribution >= 0.6 is 0 Å². The van der Waals surface area contributed by atoms with Crippen molar-refractivity contribution in [1.82, 2.24) is 5.32 Å². The van der Waals surface area contributed by atoms with Crippen molar-refractivity contribution in [1.29, 1.82) is 0 Å². The van der Waals surface area contributed by atoms with Crippen molar-refractivity contribution in [2.45, 2.75) is 20.3 Å². The third kappa shape index (κ3) is 5.30. The second kappa shape index (κ2) is 8.96. The Morgan fingerprint density at radius 3 is 2.54 bits per heavy atom. The third-order valence-corrected chi connectivity index (χ3v) is 3.98. The molecule has 0 aromatic heterocycles. The van der Waals surface area contributed by atoms with Gasteiger partial charge in [0.2, 0.25) is 5.91 Å². The summed E-state index contributed by atoms with van der Waals surface area (Å²) in [5.74, 6) is 0.895. The van der Waals surface area contributed by atoms with Crippen LogP contribution in [0.1, 0.15) is 18.1 Å². The Bertz CT molecular complexity index is 653. The first-order valence-electron chi connectivity index (χ1n) is 8.33. The molecule has 0 atom stereocenters. The second-order valence-electron chi connectivity index (χ2n) is 5.80. The SMILES string of the molecule is CCN(CC(=O)NCCc1ccc(OC)cc1)c1cccc(C)c1. The van der Waals surface area contributed by atoms with Crippen molar-refractivity contribution in [3.05, 3.63) is 59.7 Å². The summed E-state index contributed by atoms with van der Waals surface area (Å²) in [5.41, 5.74) is 3.47. The number of nitrogens with one attached hydrogen (secondary N) is 1. The average molecular weight is 326 g/mol. The molecule has 1 amide bonds. The third-order valence-electron chi connectivity index (χ3n) is 3.98. The van der Waals surface area contributed by atoms with E-state index in [1.165, 1.54) is 11.1 Å². The van der Waals surface area contributed by atoms with Crippen molar-refractivity contribution in [3.8, 4) is 5.75 Å². The first kappa shape index (κ1) is 17.9. The number of benzene rings is 2. The van der Waals surface area contributed by atoms with Gasteiger partial charge in [0, 0.05) is 18.8 Å². The molecule has 0 aliphatic carbocycles. The number of likely N-dealkylation sites (N-methyl/N-ethyl adjacent to an activating group) is 1. The molecular formula is C20H26N2O2. The zero-order chi connectivity index (χ0) is 17.4. The highest BCUT2D eigenvalue weighted by Gasteiger charge is 2.09. The minimum Gasteiger partial charge on any atom is -0.497 e. The fourth-order valence-electron chi connectivity index (χ4n) is 2.58. The van der Waals surface area contributed by atoms with Gasteiger partial charge >= 0.3 is 0 Å². The van der Waals surface area contributed by atoms with E-state index in [1.807, 2.05) is 36.4 Å². The Hall–Kier alpha value is -2.49. The van der Waals surface area contributed by atoms with E-state index >= 15 is 0 Å². The Morgan fingerprint density at radius 2 is 1.92 bits per heavy atom. The molecule has 0 heterocycles. The van der Waals surface area contributed by atoms with Crippen LogP contribution in [0.3, 0.4) is 0 Å². The van der Waals surface area contributed by atoms with Crippen LogP contribution in [0.15, 0.2) is 48.5 Å². The number of nitrogens with zero attached hydrogens (tertiary/aromatic N) is 1.